The van der Waals surface area contributed by atoms with Crippen LogP contribution in [0.2, 0.25) is 10.0 Å². The number of nitrogens with one attached hydrogen (secondary N) is 1. The summed E-state index contributed by atoms with van der Waals surface area (Å²) in [4.78, 5) is 60.3. The number of rotatable bonds is 9. The highest BCUT2D eigenvalue weighted by molar-refractivity contribution is 8.02. The Morgan fingerprint density at radius 3 is 2.64 bits per heavy atom. The highest BCUT2D eigenvalue weighted by atomic mass is 35.5. The van der Waals surface area contributed by atoms with Gasteiger partial charge >= 0.3 is 5.97 Å². The van der Waals surface area contributed by atoms with Gasteiger partial charge < -0.3 is 19.7 Å². The van der Waals surface area contributed by atoms with Crippen LogP contribution >= 0.6 is 46.3 Å². The Morgan fingerprint density at radius 1 is 1.10 bits per heavy atom. The molecule has 0 radical (unpaired) electrons. The van der Waals surface area contributed by atoms with Gasteiger partial charge in [-0.15, -0.1) is 23.1 Å². The third kappa shape index (κ3) is 5.45. The summed E-state index contributed by atoms with van der Waals surface area (Å²) in [6.45, 7) is -0.148. The van der Waals surface area contributed by atoms with E-state index >= 15 is 0 Å². The number of thioether (sulfide) groups is 1. The van der Waals surface area contributed by atoms with Gasteiger partial charge in [-0.05, 0) is 53.3 Å². The Kier molecular flexibility index (Phi) is 7.84. The van der Waals surface area contributed by atoms with Crippen LogP contribution in [-0.2, 0) is 20.8 Å². The molecule has 2 aliphatic rings. The minimum Gasteiger partial charge on any atom is -0.488 e. The van der Waals surface area contributed by atoms with E-state index in [0.717, 1.165) is 4.88 Å². The number of aromatic nitrogens is 2. The molecule has 0 saturated carbocycles. The van der Waals surface area contributed by atoms with Crippen molar-refractivity contribution in [2.75, 3.05) is 6.61 Å². The summed E-state index contributed by atoms with van der Waals surface area (Å²) in [5.74, 6) is -1.67. The molecule has 1 saturated heterocycles. The quantitative estimate of drug-likeness (QED) is 0.232. The van der Waals surface area contributed by atoms with Gasteiger partial charge in [-0.25, -0.2) is 9.78 Å². The maximum atomic E-state index is 13.1. The predicted octanol–water partition coefficient (Wildman–Crippen LogP) is 5.41. The molecule has 214 valence electrons. The summed E-state index contributed by atoms with van der Waals surface area (Å²) in [6.07, 6.45) is 0.318. The van der Waals surface area contributed by atoms with Crippen LogP contribution < -0.4 is 10.3 Å². The number of β-lactam (4-membered cyclic amide) rings is 1. The lowest BCUT2D eigenvalue weighted by Gasteiger charge is -2.51. The summed E-state index contributed by atoms with van der Waals surface area (Å²) >= 11 is 15.1. The largest absolute Gasteiger partial charge is 0.488 e. The van der Waals surface area contributed by atoms with Crippen LogP contribution in [0.1, 0.15) is 11.3 Å². The van der Waals surface area contributed by atoms with Crippen LogP contribution in [0.15, 0.2) is 69.7 Å². The highest BCUT2D eigenvalue weighted by Gasteiger charge is 2.55. The Morgan fingerprint density at radius 2 is 1.88 bits per heavy atom. The van der Waals surface area contributed by atoms with Crippen molar-refractivity contribution in [3.05, 3.63) is 90.2 Å². The lowest BCUT2D eigenvalue weighted by atomic mass is 9.88. The monoisotopic (exact) mass is 641 g/mol. The molecule has 1 amide bonds. The van der Waals surface area contributed by atoms with E-state index in [1.165, 1.54) is 34.1 Å². The maximum Gasteiger partial charge on any atom is 0.330 e. The number of fused-ring (bicyclic) bond motifs is 2. The topological polar surface area (TPSA) is 130 Å². The van der Waals surface area contributed by atoms with Crippen molar-refractivity contribution >= 4 is 74.9 Å². The molecular weight excluding hydrogens is 621 g/mol. The van der Waals surface area contributed by atoms with E-state index in [1.807, 2.05) is 17.5 Å². The van der Waals surface area contributed by atoms with Crippen LogP contribution in [0, 0.1) is 5.92 Å². The van der Waals surface area contributed by atoms with Gasteiger partial charge in [0, 0.05) is 33.3 Å². The molecule has 3 atom stereocenters. The number of nitrogens with zero attached hydrogens (tertiary/aromatic N) is 2. The van der Waals surface area contributed by atoms with E-state index in [0.29, 0.717) is 37.8 Å². The van der Waals surface area contributed by atoms with Gasteiger partial charge in [0.05, 0.1) is 27.8 Å². The molecule has 1 fully saturated rings. The number of Topliss-reactive ketones (excluding diaryl/α,β-unsaturated/α-hetero) is 1. The molecule has 2 aromatic heterocycles. The number of carbonyl (C=O) groups excluding carboxylic acids is 2. The van der Waals surface area contributed by atoms with Gasteiger partial charge in [-0.1, -0.05) is 29.3 Å². The van der Waals surface area contributed by atoms with Crippen molar-refractivity contribution in [2.45, 2.75) is 24.3 Å². The summed E-state index contributed by atoms with van der Waals surface area (Å²) in [5, 5.41) is 14.3. The van der Waals surface area contributed by atoms with Crippen molar-refractivity contribution in [1.82, 2.24) is 14.9 Å². The van der Waals surface area contributed by atoms with Crippen molar-refractivity contribution in [3.63, 3.8) is 0 Å². The van der Waals surface area contributed by atoms with E-state index < -0.39 is 28.9 Å². The molecule has 13 heteroatoms. The number of amides is 1. The van der Waals surface area contributed by atoms with Crippen molar-refractivity contribution in [3.8, 4) is 17.1 Å². The fourth-order valence-electron chi connectivity index (χ4n) is 5.10. The standard InChI is InChI=1S/C29H21Cl2N3O6S2/c30-15-3-5-22-19(8-15)26(36)33-25(32-22)20-9-16(31)4-6-23(20)40-12-14-13-42-28-21(27(37)34(28)24(14)29(38)39)11-17(35)10-18-2-1-7-41-18/h1-9,13,21,24,28H,10-12H2,(H,38,39)(H,32,33,36). The minimum atomic E-state index is -1.23. The third-order valence-corrected chi connectivity index (χ3v) is 9.69. The Hall–Kier alpha value is -3.64. The molecule has 0 spiro atoms. The van der Waals surface area contributed by atoms with E-state index in [1.54, 1.807) is 35.7 Å². The molecular formula is C29H21Cl2N3O6S2. The van der Waals surface area contributed by atoms with Crippen molar-refractivity contribution in [2.24, 2.45) is 5.92 Å². The molecule has 0 aliphatic carbocycles. The fraction of sp³-hybridized carbons (Fsp3) is 0.207. The first-order chi connectivity index (χ1) is 20.2. The second kappa shape index (κ2) is 11.6. The number of carboxylic acids is 1. The van der Waals surface area contributed by atoms with Crippen LogP contribution in [0.4, 0.5) is 0 Å². The highest BCUT2D eigenvalue weighted by Crippen LogP contribution is 2.45. The number of hydrogen-bond acceptors (Lipinski definition) is 8. The lowest BCUT2D eigenvalue weighted by Crippen LogP contribution is -2.66. The molecule has 2 aliphatic heterocycles. The first-order valence-electron chi connectivity index (χ1n) is 12.8. The second-order valence-corrected chi connectivity index (χ2v) is 12.7. The van der Waals surface area contributed by atoms with Gasteiger partial charge in [-0.2, -0.15) is 0 Å². The molecule has 42 heavy (non-hydrogen) atoms. The number of H-pyrrole nitrogens is 1. The predicted molar refractivity (Wildman–Crippen MR) is 162 cm³/mol. The fourth-order valence-corrected chi connectivity index (χ4v) is 7.45. The van der Waals surface area contributed by atoms with Gasteiger partial charge in [-0.3, -0.25) is 14.4 Å². The number of thiophene rings is 1. The smallest absolute Gasteiger partial charge is 0.330 e. The van der Waals surface area contributed by atoms with Gasteiger partial charge in [0.1, 0.15) is 24.0 Å². The Labute approximate surface area is 257 Å². The van der Waals surface area contributed by atoms with Crippen LogP contribution in [0.3, 0.4) is 0 Å². The minimum absolute atomic E-state index is 0.0558. The van der Waals surface area contributed by atoms with Gasteiger partial charge in [0.15, 0.2) is 6.04 Å². The summed E-state index contributed by atoms with van der Waals surface area (Å²) in [5.41, 5.74) is 0.796. The number of halogens is 2. The van der Waals surface area contributed by atoms with E-state index in [-0.39, 0.29) is 37.0 Å². The number of carbonyl (C=O) groups is 3. The number of carboxylic acid groups (broad SMARTS) is 1. The summed E-state index contributed by atoms with van der Waals surface area (Å²) < 4.78 is 6.05. The number of hydrogen-bond donors (Lipinski definition) is 2. The number of ether oxygens (including phenoxy) is 1. The normalized spacial score (nSPS) is 19.7. The summed E-state index contributed by atoms with van der Waals surface area (Å²) in [7, 11) is 0. The zero-order valence-corrected chi connectivity index (χ0v) is 24.7. The zero-order chi connectivity index (χ0) is 29.5. The van der Waals surface area contributed by atoms with E-state index in [4.69, 9.17) is 27.9 Å². The van der Waals surface area contributed by atoms with E-state index in [9.17, 15) is 24.3 Å². The van der Waals surface area contributed by atoms with Gasteiger partial charge in [0.2, 0.25) is 5.91 Å². The number of aromatic amines is 1. The molecule has 0 bridgehead atoms. The van der Waals surface area contributed by atoms with Crippen LogP contribution in [0.25, 0.3) is 22.3 Å². The number of ketones is 1. The average molecular weight is 643 g/mol. The SMILES string of the molecule is O=C(Cc1cccs1)CC1C(=O)N2C(C(=O)O)C(COc3ccc(Cl)cc3-c3nc4ccc(Cl)cc4c(=O)[nH]3)=CSC12. The Bertz CT molecular complexity index is 1820. The van der Waals surface area contributed by atoms with E-state index in [2.05, 4.69) is 9.97 Å². The van der Waals surface area contributed by atoms with Crippen LogP contribution in [0.5, 0.6) is 5.75 Å². The first kappa shape index (κ1) is 28.5. The molecule has 4 heterocycles. The van der Waals surface area contributed by atoms with Gasteiger partial charge in [0.25, 0.3) is 5.56 Å². The van der Waals surface area contributed by atoms with Crippen LogP contribution in [-0.4, -0.2) is 55.7 Å². The first-order valence-corrected chi connectivity index (χ1v) is 15.3. The molecule has 3 unspecified atom stereocenters. The maximum absolute atomic E-state index is 13.1. The number of benzene rings is 2. The van der Waals surface area contributed by atoms with Crippen molar-refractivity contribution < 1.29 is 24.2 Å². The second-order valence-electron chi connectivity index (χ2n) is 9.82. The Balaban J connectivity index is 1.22. The molecule has 6 rings (SSSR count). The molecule has 2 aromatic carbocycles. The lowest BCUT2D eigenvalue weighted by molar-refractivity contribution is -0.163. The average Bonchev–Trinajstić information content (AvgIpc) is 3.47. The molecule has 9 nitrogen and oxygen atoms in total. The molecule has 2 N–H and O–H groups in total. The van der Waals surface area contributed by atoms with Crippen molar-refractivity contribution in [1.29, 1.82) is 0 Å². The third-order valence-electron chi connectivity index (χ3n) is 7.07. The summed E-state index contributed by atoms with van der Waals surface area (Å²) in [6, 6.07) is 12.1. The number of aliphatic carboxylic acids is 1. The zero-order valence-electron chi connectivity index (χ0n) is 21.6. The molecule has 4 aromatic rings.